The molecule has 0 unspecified atom stereocenters. The molecule has 21 heavy (non-hydrogen) atoms. The van der Waals surface area contributed by atoms with Gasteiger partial charge in [0.25, 0.3) is 10.0 Å². The molecule has 2 N–H and O–H groups in total. The van der Waals surface area contributed by atoms with Crippen LogP contribution >= 0.6 is 0 Å². The van der Waals surface area contributed by atoms with Gasteiger partial charge in [0.15, 0.2) is 0 Å². The lowest BCUT2D eigenvalue weighted by molar-refractivity contribution is 0.601. The topological polar surface area (TPSA) is 76.0 Å². The Bertz CT molecular complexity index is 722. The third-order valence-corrected chi connectivity index (χ3v) is 4.53. The molecule has 0 fully saturated rings. The van der Waals surface area contributed by atoms with Gasteiger partial charge in [0.05, 0.1) is 16.8 Å². The van der Waals surface area contributed by atoms with Crippen LogP contribution in [-0.2, 0) is 23.6 Å². The molecule has 0 bridgehead atoms. The Balaban J connectivity index is 2.27. The average Bonchev–Trinajstić information content (AvgIpc) is 2.82. The van der Waals surface area contributed by atoms with Crippen molar-refractivity contribution < 1.29 is 8.42 Å². The predicted molar refractivity (Wildman–Crippen MR) is 82.6 cm³/mol. The number of hydrogen-bond acceptors (Lipinski definition) is 4. The summed E-state index contributed by atoms with van der Waals surface area (Å²) < 4.78 is 28.8. The van der Waals surface area contributed by atoms with Gasteiger partial charge in [0.1, 0.15) is 0 Å². The van der Waals surface area contributed by atoms with Gasteiger partial charge in [0.2, 0.25) is 0 Å². The molecule has 0 amide bonds. The number of benzene rings is 1. The number of rotatable bonds is 6. The molecule has 0 aliphatic heterocycles. The summed E-state index contributed by atoms with van der Waals surface area (Å²) in [7, 11) is -1.86. The van der Waals surface area contributed by atoms with Crippen LogP contribution in [0.15, 0.2) is 35.5 Å². The van der Waals surface area contributed by atoms with Gasteiger partial charge in [-0.15, -0.1) is 0 Å². The van der Waals surface area contributed by atoms with Crippen molar-refractivity contribution in [1.29, 1.82) is 0 Å². The van der Waals surface area contributed by atoms with Crippen molar-refractivity contribution >= 4 is 15.7 Å². The van der Waals surface area contributed by atoms with Gasteiger partial charge >= 0.3 is 0 Å². The summed E-state index contributed by atoms with van der Waals surface area (Å²) in [5.41, 5.74) is 2.49. The summed E-state index contributed by atoms with van der Waals surface area (Å²) in [5, 5.41) is 7.15. The number of hydrogen-bond donors (Lipinski definition) is 2. The van der Waals surface area contributed by atoms with E-state index in [1.54, 1.807) is 30.1 Å². The molecule has 0 spiro atoms. The highest BCUT2D eigenvalue weighted by atomic mass is 32.2. The maximum atomic E-state index is 12.4. The standard InChI is InChI=1S/C14H20N4O2S/c1-4-15-8-12-7-14(6-5-11(12)2)21(19,20)17-13-9-16-18(3)10-13/h5-7,9-10,15,17H,4,8H2,1-3H3. The number of sulfonamides is 1. The molecule has 0 saturated carbocycles. The predicted octanol–water partition coefficient (Wildman–Crippen LogP) is 1.64. The molecule has 0 aliphatic carbocycles. The van der Waals surface area contributed by atoms with Gasteiger partial charge in [0, 0.05) is 19.8 Å². The number of aryl methyl sites for hydroxylation is 2. The molecule has 1 aromatic carbocycles. The Labute approximate surface area is 125 Å². The first-order chi connectivity index (χ1) is 9.92. The second-order valence-corrected chi connectivity index (χ2v) is 6.56. The maximum Gasteiger partial charge on any atom is 0.262 e. The van der Waals surface area contributed by atoms with Crippen LogP contribution in [0.1, 0.15) is 18.1 Å². The fourth-order valence-electron chi connectivity index (χ4n) is 1.95. The van der Waals surface area contributed by atoms with Crippen molar-refractivity contribution in [2.24, 2.45) is 7.05 Å². The van der Waals surface area contributed by atoms with E-state index in [2.05, 4.69) is 15.1 Å². The Morgan fingerprint density at radius 2 is 2.10 bits per heavy atom. The van der Waals surface area contributed by atoms with Crippen LogP contribution in [0.5, 0.6) is 0 Å². The summed E-state index contributed by atoms with van der Waals surface area (Å²) in [6.07, 6.45) is 3.09. The lowest BCUT2D eigenvalue weighted by Crippen LogP contribution is -2.16. The number of aromatic nitrogens is 2. The quantitative estimate of drug-likeness (QED) is 0.850. The lowest BCUT2D eigenvalue weighted by Gasteiger charge is -2.10. The Kier molecular flexibility index (Phi) is 4.64. The van der Waals surface area contributed by atoms with Crippen LogP contribution in [0.4, 0.5) is 5.69 Å². The zero-order valence-corrected chi connectivity index (χ0v) is 13.2. The molecule has 1 aromatic heterocycles. The van der Waals surface area contributed by atoms with Crippen LogP contribution in [0.2, 0.25) is 0 Å². The van der Waals surface area contributed by atoms with E-state index in [1.165, 1.54) is 6.20 Å². The third kappa shape index (κ3) is 3.83. The molecule has 7 heteroatoms. The molecule has 0 atom stereocenters. The van der Waals surface area contributed by atoms with Crippen molar-refractivity contribution in [1.82, 2.24) is 15.1 Å². The smallest absolute Gasteiger partial charge is 0.262 e. The molecule has 1 heterocycles. The monoisotopic (exact) mass is 308 g/mol. The van der Waals surface area contributed by atoms with Crippen LogP contribution in [-0.4, -0.2) is 24.7 Å². The first kappa shape index (κ1) is 15.5. The Hall–Kier alpha value is -1.86. The normalized spacial score (nSPS) is 11.6. The first-order valence-corrected chi connectivity index (χ1v) is 8.22. The van der Waals surface area contributed by atoms with Crippen LogP contribution < -0.4 is 10.0 Å². The fraction of sp³-hybridized carbons (Fsp3) is 0.357. The van der Waals surface area contributed by atoms with E-state index < -0.39 is 10.0 Å². The molecule has 0 saturated heterocycles. The van der Waals surface area contributed by atoms with E-state index in [0.717, 1.165) is 17.7 Å². The zero-order chi connectivity index (χ0) is 15.5. The molecular formula is C14H20N4O2S. The van der Waals surface area contributed by atoms with E-state index in [9.17, 15) is 8.42 Å². The summed E-state index contributed by atoms with van der Waals surface area (Å²) in [6.45, 7) is 5.47. The highest BCUT2D eigenvalue weighted by Gasteiger charge is 2.16. The van der Waals surface area contributed by atoms with Gasteiger partial charge in [-0.25, -0.2) is 8.42 Å². The average molecular weight is 308 g/mol. The second kappa shape index (κ2) is 6.28. The Morgan fingerprint density at radius 1 is 1.33 bits per heavy atom. The van der Waals surface area contributed by atoms with Crippen LogP contribution in [0, 0.1) is 6.92 Å². The molecule has 6 nitrogen and oxygen atoms in total. The second-order valence-electron chi connectivity index (χ2n) is 4.88. The van der Waals surface area contributed by atoms with E-state index in [4.69, 9.17) is 0 Å². The van der Waals surface area contributed by atoms with Gasteiger partial charge < -0.3 is 5.32 Å². The first-order valence-electron chi connectivity index (χ1n) is 6.74. The van der Waals surface area contributed by atoms with Gasteiger partial charge in [-0.1, -0.05) is 13.0 Å². The largest absolute Gasteiger partial charge is 0.313 e. The molecule has 0 radical (unpaired) electrons. The lowest BCUT2D eigenvalue weighted by atomic mass is 10.1. The van der Waals surface area contributed by atoms with Crippen molar-refractivity contribution in [3.63, 3.8) is 0 Å². The van der Waals surface area contributed by atoms with E-state index in [-0.39, 0.29) is 4.90 Å². The van der Waals surface area contributed by atoms with Crippen molar-refractivity contribution in [3.05, 3.63) is 41.7 Å². The van der Waals surface area contributed by atoms with E-state index >= 15 is 0 Å². The van der Waals surface area contributed by atoms with E-state index in [0.29, 0.717) is 12.2 Å². The fourth-order valence-corrected chi connectivity index (χ4v) is 3.03. The molecule has 0 aliphatic rings. The van der Waals surface area contributed by atoms with Crippen LogP contribution in [0.3, 0.4) is 0 Å². The summed E-state index contributed by atoms with van der Waals surface area (Å²) in [5.74, 6) is 0. The minimum atomic E-state index is -3.60. The zero-order valence-electron chi connectivity index (χ0n) is 12.4. The molecular weight excluding hydrogens is 288 g/mol. The summed E-state index contributed by atoms with van der Waals surface area (Å²) >= 11 is 0. The number of nitrogens with zero attached hydrogens (tertiary/aromatic N) is 2. The maximum absolute atomic E-state index is 12.4. The minimum absolute atomic E-state index is 0.254. The van der Waals surface area contributed by atoms with E-state index in [1.807, 2.05) is 19.9 Å². The minimum Gasteiger partial charge on any atom is -0.313 e. The Morgan fingerprint density at radius 3 is 2.71 bits per heavy atom. The highest BCUT2D eigenvalue weighted by Crippen LogP contribution is 2.19. The number of anilines is 1. The molecule has 2 aromatic rings. The highest BCUT2D eigenvalue weighted by molar-refractivity contribution is 7.92. The third-order valence-electron chi connectivity index (χ3n) is 3.15. The van der Waals surface area contributed by atoms with Crippen molar-refractivity contribution in [3.8, 4) is 0 Å². The summed E-state index contributed by atoms with van der Waals surface area (Å²) in [6, 6.07) is 5.14. The van der Waals surface area contributed by atoms with Gasteiger partial charge in [-0.05, 0) is 36.7 Å². The van der Waals surface area contributed by atoms with Gasteiger partial charge in [-0.2, -0.15) is 5.10 Å². The van der Waals surface area contributed by atoms with Crippen molar-refractivity contribution in [2.45, 2.75) is 25.3 Å². The molecule has 2 rings (SSSR count). The van der Waals surface area contributed by atoms with Gasteiger partial charge in [-0.3, -0.25) is 9.40 Å². The van der Waals surface area contributed by atoms with Crippen LogP contribution in [0.25, 0.3) is 0 Å². The summed E-state index contributed by atoms with van der Waals surface area (Å²) in [4.78, 5) is 0.254. The van der Waals surface area contributed by atoms with Crippen molar-refractivity contribution in [2.75, 3.05) is 11.3 Å². The molecule has 114 valence electrons. The number of nitrogens with one attached hydrogen (secondary N) is 2. The SMILES string of the molecule is CCNCc1cc(S(=O)(=O)Nc2cnn(C)c2)ccc1C.